The molecule has 1 aliphatic heterocycles. The molecule has 188 valence electrons. The molecule has 10 nitrogen and oxygen atoms in total. The van der Waals surface area contributed by atoms with E-state index < -0.39 is 11.2 Å². The van der Waals surface area contributed by atoms with Crippen molar-refractivity contribution in [3.63, 3.8) is 0 Å². The second kappa shape index (κ2) is 9.76. The Bertz CT molecular complexity index is 1190. The molecule has 0 N–H and O–H groups in total. The summed E-state index contributed by atoms with van der Waals surface area (Å²) in [5, 5.41) is 3.66. The third-order valence-corrected chi connectivity index (χ3v) is 6.67. The normalized spacial score (nSPS) is 16.6. The van der Waals surface area contributed by atoms with Gasteiger partial charge in [0.1, 0.15) is 28.9 Å². The topological polar surface area (TPSA) is 102 Å². The maximum absolute atomic E-state index is 13.5. The van der Waals surface area contributed by atoms with E-state index in [1.165, 1.54) is 12.4 Å². The van der Waals surface area contributed by atoms with Gasteiger partial charge < -0.3 is 14.5 Å². The van der Waals surface area contributed by atoms with Gasteiger partial charge in [0.05, 0.1) is 6.61 Å². The van der Waals surface area contributed by atoms with Gasteiger partial charge >= 0.3 is 12.2 Å². The van der Waals surface area contributed by atoms with E-state index in [0.717, 1.165) is 0 Å². The lowest BCUT2D eigenvalue weighted by atomic mass is 10.1. The molecular formula is C21H25F3N8O2S. The maximum Gasteiger partial charge on any atom is 0.443 e. The van der Waals surface area contributed by atoms with E-state index in [4.69, 9.17) is 4.74 Å². The summed E-state index contributed by atoms with van der Waals surface area (Å²) in [5.74, 6) is 1.11. The number of rotatable bonds is 6. The molecular weight excluding hydrogens is 485 g/mol. The Morgan fingerprint density at radius 2 is 1.91 bits per heavy atom. The van der Waals surface area contributed by atoms with Crippen molar-refractivity contribution < 1.29 is 22.7 Å². The molecule has 0 radical (unpaired) electrons. The Hall–Kier alpha value is -3.29. The lowest BCUT2D eigenvalue weighted by Crippen LogP contribution is -2.54. The molecule has 0 spiro atoms. The van der Waals surface area contributed by atoms with Gasteiger partial charge in [0.25, 0.3) is 0 Å². The highest BCUT2D eigenvalue weighted by molar-refractivity contribution is 7.16. The van der Waals surface area contributed by atoms with Crippen molar-refractivity contribution in [3.05, 3.63) is 29.1 Å². The van der Waals surface area contributed by atoms with E-state index >= 15 is 0 Å². The molecule has 0 aromatic carbocycles. The molecule has 0 saturated carbocycles. The van der Waals surface area contributed by atoms with Crippen LogP contribution in [-0.2, 0) is 17.5 Å². The number of amides is 1. The standard InChI is InChI=1S/C21H25F3N8O2S/c1-5-34-20-25-8-15(9-26-20)17-18(35-19(28-17)21(22,23)24)30-6-7-31(12(2)10-30)16(33)11-32-14(4)27-13(3)29-32/h8-9,12H,5-7,10-11H2,1-4H3. The molecule has 3 aromatic rings. The zero-order valence-electron chi connectivity index (χ0n) is 19.7. The van der Waals surface area contributed by atoms with Crippen molar-refractivity contribution in [2.75, 3.05) is 31.1 Å². The number of aromatic nitrogens is 6. The Balaban J connectivity index is 1.55. The highest BCUT2D eigenvalue weighted by Gasteiger charge is 2.38. The number of alkyl halides is 3. The molecule has 0 aliphatic carbocycles. The summed E-state index contributed by atoms with van der Waals surface area (Å²) in [6, 6.07) is -0.0929. The number of halogens is 3. The van der Waals surface area contributed by atoms with Crippen molar-refractivity contribution in [2.45, 2.75) is 46.5 Å². The molecule has 1 amide bonds. The monoisotopic (exact) mass is 510 g/mol. The highest BCUT2D eigenvalue weighted by Crippen LogP contribution is 2.43. The van der Waals surface area contributed by atoms with Gasteiger partial charge in [-0.3, -0.25) is 4.79 Å². The highest BCUT2D eigenvalue weighted by atomic mass is 32.1. The first kappa shape index (κ1) is 24.8. The van der Waals surface area contributed by atoms with Gasteiger partial charge in [0, 0.05) is 43.6 Å². The number of hydrogen-bond acceptors (Lipinski definition) is 9. The van der Waals surface area contributed by atoms with Crippen molar-refractivity contribution in [1.29, 1.82) is 0 Å². The number of ether oxygens (including phenoxy) is 1. The SMILES string of the molecule is CCOc1ncc(-c2nc(C(F)(F)F)sc2N2CCN(C(=O)Cn3nc(C)nc3C)C(C)C2)cn1. The van der Waals surface area contributed by atoms with Crippen LogP contribution in [0.2, 0.25) is 0 Å². The quantitative estimate of drug-likeness (QED) is 0.499. The van der Waals surface area contributed by atoms with Crippen LogP contribution in [0.4, 0.5) is 18.2 Å². The predicted octanol–water partition coefficient (Wildman–Crippen LogP) is 2.96. The van der Waals surface area contributed by atoms with Gasteiger partial charge in [-0.25, -0.2) is 24.6 Å². The number of hydrogen-bond donors (Lipinski definition) is 0. The number of thiazole rings is 1. The minimum absolute atomic E-state index is 0.0601. The van der Waals surface area contributed by atoms with Crippen molar-refractivity contribution in [2.24, 2.45) is 0 Å². The minimum Gasteiger partial charge on any atom is -0.464 e. The summed E-state index contributed by atoms with van der Waals surface area (Å²) in [5.41, 5.74) is 0.518. The van der Waals surface area contributed by atoms with Crippen LogP contribution >= 0.6 is 11.3 Å². The van der Waals surface area contributed by atoms with Crippen LogP contribution in [-0.4, -0.2) is 72.8 Å². The molecule has 35 heavy (non-hydrogen) atoms. The third kappa shape index (κ3) is 5.36. The molecule has 4 rings (SSSR count). The molecule has 3 aromatic heterocycles. The number of carbonyl (C=O) groups excluding carboxylic acids is 1. The molecule has 14 heteroatoms. The summed E-state index contributed by atoms with van der Waals surface area (Å²) < 4.78 is 47.4. The van der Waals surface area contributed by atoms with Crippen LogP contribution in [0.1, 0.15) is 30.5 Å². The zero-order valence-corrected chi connectivity index (χ0v) is 20.5. The van der Waals surface area contributed by atoms with Gasteiger partial charge in [-0.2, -0.15) is 18.3 Å². The smallest absolute Gasteiger partial charge is 0.443 e. The lowest BCUT2D eigenvalue weighted by Gasteiger charge is -2.40. The van der Waals surface area contributed by atoms with Crippen LogP contribution in [0.25, 0.3) is 11.3 Å². The van der Waals surface area contributed by atoms with Crippen molar-refractivity contribution >= 4 is 22.2 Å². The molecule has 1 aliphatic rings. The van der Waals surface area contributed by atoms with E-state index in [0.29, 0.717) is 59.8 Å². The predicted molar refractivity (Wildman–Crippen MR) is 122 cm³/mol. The van der Waals surface area contributed by atoms with Gasteiger partial charge in [0.15, 0.2) is 0 Å². The number of piperazine rings is 1. The van der Waals surface area contributed by atoms with Crippen LogP contribution in [0.5, 0.6) is 6.01 Å². The van der Waals surface area contributed by atoms with Crippen LogP contribution in [0.15, 0.2) is 12.4 Å². The first-order valence-corrected chi connectivity index (χ1v) is 11.8. The van der Waals surface area contributed by atoms with E-state index in [1.807, 2.05) is 11.8 Å². The van der Waals surface area contributed by atoms with E-state index in [-0.39, 0.29) is 30.2 Å². The Morgan fingerprint density at radius 1 is 1.20 bits per heavy atom. The molecule has 4 heterocycles. The number of nitrogens with zero attached hydrogens (tertiary/aromatic N) is 8. The largest absolute Gasteiger partial charge is 0.464 e. The van der Waals surface area contributed by atoms with E-state index in [9.17, 15) is 18.0 Å². The summed E-state index contributed by atoms with van der Waals surface area (Å²) in [4.78, 5) is 32.7. The second-order valence-corrected chi connectivity index (χ2v) is 9.08. The fourth-order valence-electron chi connectivity index (χ4n) is 3.92. The van der Waals surface area contributed by atoms with E-state index in [2.05, 4.69) is 25.0 Å². The van der Waals surface area contributed by atoms with Crippen LogP contribution in [0, 0.1) is 13.8 Å². The van der Waals surface area contributed by atoms with Gasteiger partial charge in [0.2, 0.25) is 10.9 Å². The van der Waals surface area contributed by atoms with Gasteiger partial charge in [-0.15, -0.1) is 0 Å². The number of aryl methyl sites for hydroxylation is 2. The average Bonchev–Trinajstić information content (AvgIpc) is 3.37. The van der Waals surface area contributed by atoms with Gasteiger partial charge in [-0.05, 0) is 27.7 Å². The number of carbonyl (C=O) groups is 1. The zero-order chi connectivity index (χ0) is 25.3. The van der Waals surface area contributed by atoms with Crippen molar-refractivity contribution in [1.82, 2.24) is 34.6 Å². The fraction of sp³-hybridized carbons (Fsp3) is 0.524. The third-order valence-electron chi connectivity index (χ3n) is 5.51. The molecule has 1 atom stereocenters. The van der Waals surface area contributed by atoms with Crippen LogP contribution in [0.3, 0.4) is 0 Å². The number of anilines is 1. The van der Waals surface area contributed by atoms with E-state index in [1.54, 1.807) is 30.4 Å². The molecule has 0 bridgehead atoms. The Kier molecular flexibility index (Phi) is 6.92. The summed E-state index contributed by atoms with van der Waals surface area (Å²) in [6.07, 6.45) is -1.77. The summed E-state index contributed by atoms with van der Waals surface area (Å²) in [7, 11) is 0. The lowest BCUT2D eigenvalue weighted by molar-refractivity contribution is -0.137. The molecule has 1 saturated heterocycles. The van der Waals surface area contributed by atoms with Crippen molar-refractivity contribution in [3.8, 4) is 17.3 Å². The maximum atomic E-state index is 13.5. The molecule has 1 unspecified atom stereocenters. The van der Waals surface area contributed by atoms with Gasteiger partial charge in [-0.1, -0.05) is 11.3 Å². The first-order chi connectivity index (χ1) is 16.6. The Morgan fingerprint density at radius 3 is 2.49 bits per heavy atom. The first-order valence-electron chi connectivity index (χ1n) is 11.0. The minimum atomic E-state index is -4.58. The molecule has 1 fully saturated rings. The Labute approximate surface area is 203 Å². The average molecular weight is 511 g/mol. The summed E-state index contributed by atoms with van der Waals surface area (Å²) in [6.45, 7) is 8.68. The van der Waals surface area contributed by atoms with Crippen LogP contribution < -0.4 is 9.64 Å². The fourth-order valence-corrected chi connectivity index (χ4v) is 4.91. The second-order valence-electron chi connectivity index (χ2n) is 8.10. The summed E-state index contributed by atoms with van der Waals surface area (Å²) >= 11 is 0.578.